The quantitative estimate of drug-likeness (QED) is 0.112. The Labute approximate surface area is 432 Å². The number of unbranched alkanes of at least 4 members (excludes halogenated alkanes) is 1. The van der Waals surface area contributed by atoms with Crippen molar-refractivity contribution in [1.82, 2.24) is 30.0 Å². The zero-order valence-electron chi connectivity index (χ0n) is 43.1. The van der Waals surface area contributed by atoms with E-state index in [0.29, 0.717) is 5.92 Å². The third kappa shape index (κ3) is 10.9. The predicted molar refractivity (Wildman–Crippen MR) is 306 cm³/mol. The summed E-state index contributed by atoms with van der Waals surface area (Å²) in [5.41, 5.74) is 17.5. The molecule has 2 N–H and O–H groups in total. The number of anilines is 2. The van der Waals surface area contributed by atoms with Crippen LogP contribution in [0.4, 0.5) is 10.9 Å². The van der Waals surface area contributed by atoms with Crippen LogP contribution in [0.3, 0.4) is 0 Å². The second-order valence-electron chi connectivity index (χ2n) is 21.0. The van der Waals surface area contributed by atoms with Gasteiger partial charge in [-0.15, -0.1) is 0 Å². The van der Waals surface area contributed by atoms with Gasteiger partial charge in [0.15, 0.2) is 5.13 Å². The molecule has 372 valence electrons. The van der Waals surface area contributed by atoms with E-state index in [4.69, 9.17) is 15.1 Å². The van der Waals surface area contributed by atoms with Gasteiger partial charge in [-0.1, -0.05) is 143 Å². The number of likely N-dealkylation sites (tertiary alicyclic amines) is 1. The summed E-state index contributed by atoms with van der Waals surface area (Å²) in [6.07, 6.45) is 19.1. The highest BCUT2D eigenvalue weighted by Gasteiger charge is 2.28. The van der Waals surface area contributed by atoms with Gasteiger partial charge in [-0.25, -0.2) is 9.97 Å². The largest absolute Gasteiger partial charge is 0.363 e. The molecule has 0 amide bonds. The fourth-order valence-corrected chi connectivity index (χ4v) is 12.9. The number of nitrogens with zero attached hydrogens (tertiary/aromatic N) is 6. The second kappa shape index (κ2) is 22.2. The number of pyridine rings is 1. The van der Waals surface area contributed by atoms with Crippen molar-refractivity contribution in [2.45, 2.75) is 116 Å². The number of nitrogens with one attached hydrogen (secondary N) is 2. The van der Waals surface area contributed by atoms with Crippen LogP contribution in [-0.4, -0.2) is 50.8 Å². The van der Waals surface area contributed by atoms with Gasteiger partial charge in [0.1, 0.15) is 5.82 Å². The minimum Gasteiger partial charge on any atom is -0.363 e. The van der Waals surface area contributed by atoms with Crippen molar-refractivity contribution in [3.63, 3.8) is 0 Å². The van der Waals surface area contributed by atoms with Crippen LogP contribution in [-0.2, 0) is 20.0 Å². The smallest absolute Gasteiger partial charge is 0.188 e. The Kier molecular flexibility index (Phi) is 15.2. The monoisotopic (exact) mass is 975 g/mol. The highest BCUT2D eigenvalue weighted by molar-refractivity contribution is 7.22. The van der Waals surface area contributed by atoms with E-state index in [9.17, 15) is 0 Å². The predicted octanol–water partition coefficient (Wildman–Crippen LogP) is 15.3. The molecule has 1 aliphatic carbocycles. The molecule has 4 aliphatic rings. The van der Waals surface area contributed by atoms with Crippen LogP contribution in [0.5, 0.6) is 0 Å². The van der Waals surface area contributed by atoms with Crippen LogP contribution in [0.15, 0.2) is 129 Å². The molecule has 0 radical (unpaired) electrons. The van der Waals surface area contributed by atoms with Gasteiger partial charge in [0, 0.05) is 66.2 Å². The van der Waals surface area contributed by atoms with Crippen molar-refractivity contribution in [2.24, 2.45) is 13.0 Å². The van der Waals surface area contributed by atoms with E-state index in [1.807, 2.05) is 24.3 Å². The van der Waals surface area contributed by atoms with Crippen molar-refractivity contribution in [2.75, 3.05) is 36.4 Å². The first-order chi connectivity index (χ1) is 35.1. The lowest BCUT2D eigenvalue weighted by molar-refractivity contribution is 0.201. The normalized spacial score (nSPS) is 18.6. The van der Waals surface area contributed by atoms with E-state index in [2.05, 4.69) is 145 Å². The maximum atomic E-state index is 5.06. The van der Waals surface area contributed by atoms with E-state index in [1.165, 1.54) is 128 Å². The lowest BCUT2D eigenvalue weighted by Crippen LogP contribution is -2.35. The molecule has 11 rings (SSSR count). The molecule has 6 heterocycles. The number of para-hydroxylation sites is 1. The molecule has 72 heavy (non-hydrogen) atoms. The summed E-state index contributed by atoms with van der Waals surface area (Å²) in [6, 6.07) is 32.6. The number of thiazole rings is 1. The first kappa shape index (κ1) is 49.3. The van der Waals surface area contributed by atoms with Crippen LogP contribution in [0.1, 0.15) is 134 Å². The molecule has 7 aromatic rings. The van der Waals surface area contributed by atoms with Gasteiger partial charge >= 0.3 is 0 Å². The number of hydrogen-bond acceptors (Lipinski definition) is 8. The van der Waals surface area contributed by atoms with Crippen molar-refractivity contribution >= 4 is 55.2 Å². The third-order valence-electron chi connectivity index (χ3n) is 16.2. The van der Waals surface area contributed by atoms with E-state index in [-0.39, 0.29) is 5.92 Å². The number of allylic oxidation sites excluding steroid dienone is 2. The molecular weight excluding hydrogens is 901 g/mol. The van der Waals surface area contributed by atoms with Gasteiger partial charge in [0.05, 0.1) is 27.1 Å². The number of benzene rings is 4. The maximum Gasteiger partial charge on any atom is 0.188 e. The highest BCUT2D eigenvalue weighted by atomic mass is 32.1. The molecule has 4 aromatic carbocycles. The Morgan fingerprint density at radius 2 is 1.69 bits per heavy atom. The van der Waals surface area contributed by atoms with Gasteiger partial charge in [0.2, 0.25) is 0 Å². The molecule has 0 spiro atoms. The Balaban J connectivity index is 0.000000167. The Bertz CT molecular complexity index is 3080. The number of aromatic nitrogens is 4. The number of aryl methyl sites for hydroxylation is 2. The number of fused-ring (bicyclic) bond motifs is 3. The fourth-order valence-electron chi connectivity index (χ4n) is 12.0. The Morgan fingerprint density at radius 3 is 2.53 bits per heavy atom. The lowest BCUT2D eigenvalue weighted by Gasteiger charge is -2.33. The first-order valence-corrected chi connectivity index (χ1v) is 27.6. The summed E-state index contributed by atoms with van der Waals surface area (Å²) in [5, 5.41) is 13.9. The summed E-state index contributed by atoms with van der Waals surface area (Å²) in [6.45, 7) is 26.6. The van der Waals surface area contributed by atoms with Gasteiger partial charge in [0.25, 0.3) is 0 Å². The van der Waals surface area contributed by atoms with Crippen LogP contribution < -0.4 is 15.5 Å². The zero-order chi connectivity index (χ0) is 49.7. The first-order valence-electron chi connectivity index (χ1n) is 26.8. The minimum absolute atomic E-state index is 0.263. The summed E-state index contributed by atoms with van der Waals surface area (Å²) in [7, 11) is 2.09. The standard InChI is InChI=1S/C33H30N4S.C30H44N4/c1-5-29-27(25-12-8-10-21(2)22(25)3)16-17-32(35-29)37-19-18-24-11-9-13-26(28(24)20-37)23(4)34-33-36-30-14-6-7-15-31(30)38-33;1-22-14-16-27(23(2)31-22)30-28-17-15-25(20-29(28)33(3)32-30)26-13-9-19-34(21-26)18-8-7-12-24-10-5-4-6-11-24/h5-17H,1,4,18-20H2,2-3H3,(H,34,36);15,17,20,24,26-27,31H,1-2,4-14,16,18-19,21H2,3H3. The molecule has 1 saturated carbocycles. The summed E-state index contributed by atoms with van der Waals surface area (Å²) < 4.78 is 3.24. The van der Waals surface area contributed by atoms with Gasteiger partial charge in [-0.2, -0.15) is 5.10 Å². The Hall–Kier alpha value is -6.29. The number of hydrogen-bond donors (Lipinski definition) is 2. The van der Waals surface area contributed by atoms with Gasteiger partial charge in [-0.05, 0) is 147 Å². The lowest BCUT2D eigenvalue weighted by atomic mass is 9.85. The van der Waals surface area contributed by atoms with Crippen molar-refractivity contribution in [3.8, 4) is 11.1 Å². The third-order valence-corrected chi connectivity index (χ3v) is 17.2. The molecule has 2 unspecified atom stereocenters. The van der Waals surface area contributed by atoms with Crippen LogP contribution >= 0.6 is 11.3 Å². The topological polar surface area (TPSA) is 74.1 Å². The highest BCUT2D eigenvalue weighted by Crippen LogP contribution is 2.39. The average molecular weight is 975 g/mol. The molecule has 8 nitrogen and oxygen atoms in total. The van der Waals surface area contributed by atoms with Gasteiger partial charge in [-0.3, -0.25) is 4.68 Å². The molecule has 9 heteroatoms. The van der Waals surface area contributed by atoms with E-state index in [0.717, 1.165) is 99.0 Å². The SMILES string of the molecule is C=C1CCC(c2nn(C)c3cc(C4CCCN(CCCCC5CCCCC5)C4)ccc23)C(=C)N1.C=Cc1nc(N2CCc3cccc(C(=C)Nc4nc5ccccc5s4)c3C2)ccc1-c1cccc(C)c1C. The fraction of sp³-hybridized carbons (Fsp3) is 0.381. The number of piperidine rings is 2. The second-order valence-corrected chi connectivity index (χ2v) is 22.1. The summed E-state index contributed by atoms with van der Waals surface area (Å²) in [5.74, 6) is 2.90. The molecular formula is C63H74N8S. The Morgan fingerprint density at radius 1 is 0.847 bits per heavy atom. The van der Waals surface area contributed by atoms with Crippen molar-refractivity contribution in [3.05, 3.63) is 173 Å². The average Bonchev–Trinajstić information content (AvgIpc) is 3.97. The number of rotatable bonds is 13. The van der Waals surface area contributed by atoms with Crippen LogP contribution in [0.2, 0.25) is 0 Å². The van der Waals surface area contributed by atoms with E-state index < -0.39 is 0 Å². The van der Waals surface area contributed by atoms with E-state index in [1.54, 1.807) is 11.3 Å². The molecule has 3 aromatic heterocycles. The van der Waals surface area contributed by atoms with Crippen molar-refractivity contribution in [1.29, 1.82) is 0 Å². The molecule has 0 bridgehead atoms. The maximum absolute atomic E-state index is 5.06. The molecule has 2 saturated heterocycles. The molecule has 2 atom stereocenters. The minimum atomic E-state index is 0.263. The van der Waals surface area contributed by atoms with Crippen LogP contribution in [0, 0.1) is 19.8 Å². The molecule has 3 aliphatic heterocycles. The van der Waals surface area contributed by atoms with Crippen molar-refractivity contribution < 1.29 is 0 Å². The summed E-state index contributed by atoms with van der Waals surface area (Å²) >= 11 is 1.65. The summed E-state index contributed by atoms with van der Waals surface area (Å²) in [4.78, 5) is 14.9. The molecule has 3 fully saturated rings. The van der Waals surface area contributed by atoms with Gasteiger partial charge < -0.3 is 20.4 Å². The van der Waals surface area contributed by atoms with Crippen LogP contribution in [0.25, 0.3) is 44.0 Å². The zero-order valence-corrected chi connectivity index (χ0v) is 43.9. The van der Waals surface area contributed by atoms with E-state index >= 15 is 0 Å².